The first-order valence-electron chi connectivity index (χ1n) is 5.97. The summed E-state index contributed by atoms with van der Waals surface area (Å²) in [7, 11) is -3.51. The Kier molecular flexibility index (Phi) is 3.99. The zero-order valence-corrected chi connectivity index (χ0v) is 12.6. The highest BCUT2D eigenvalue weighted by Crippen LogP contribution is 2.31. The lowest BCUT2D eigenvalue weighted by atomic mass is 9.81. The highest BCUT2D eigenvalue weighted by molar-refractivity contribution is 9.10. The Bertz CT molecular complexity index is 541. The van der Waals surface area contributed by atoms with E-state index in [-0.39, 0.29) is 10.9 Å². The predicted molar refractivity (Wildman–Crippen MR) is 75.7 cm³/mol. The minimum absolute atomic E-state index is 0.0305. The monoisotopic (exact) mass is 332 g/mol. The number of nitrogens with one attached hydrogen (secondary N) is 1. The molecule has 6 heteroatoms. The molecule has 1 aliphatic rings. The van der Waals surface area contributed by atoms with Gasteiger partial charge in [-0.2, -0.15) is 0 Å². The molecule has 0 amide bonds. The Morgan fingerprint density at radius 3 is 2.67 bits per heavy atom. The van der Waals surface area contributed by atoms with Crippen LogP contribution in [-0.2, 0) is 10.0 Å². The quantitative estimate of drug-likeness (QED) is 0.832. The fraction of sp³-hybridized carbons (Fsp3) is 0.500. The average Bonchev–Trinajstić information content (AvgIpc) is 2.17. The molecule has 1 aromatic carbocycles. The van der Waals surface area contributed by atoms with Crippen LogP contribution < -0.4 is 10.5 Å². The van der Waals surface area contributed by atoms with Crippen molar-refractivity contribution in [2.24, 2.45) is 5.92 Å². The summed E-state index contributed by atoms with van der Waals surface area (Å²) in [5.41, 5.74) is 6.08. The van der Waals surface area contributed by atoms with Crippen LogP contribution in [0.3, 0.4) is 0 Å². The minimum atomic E-state index is -3.51. The first-order valence-corrected chi connectivity index (χ1v) is 8.25. The van der Waals surface area contributed by atoms with Crippen LogP contribution in [0.4, 0.5) is 5.69 Å². The van der Waals surface area contributed by atoms with Crippen molar-refractivity contribution < 1.29 is 8.42 Å². The van der Waals surface area contributed by atoms with E-state index < -0.39 is 10.0 Å². The van der Waals surface area contributed by atoms with Crippen LogP contribution in [0, 0.1) is 5.92 Å². The first kappa shape index (κ1) is 13.8. The molecule has 1 unspecified atom stereocenters. The van der Waals surface area contributed by atoms with Crippen molar-refractivity contribution in [2.45, 2.75) is 37.1 Å². The Hall–Kier alpha value is -0.590. The van der Waals surface area contributed by atoms with Gasteiger partial charge in [-0.3, -0.25) is 0 Å². The number of sulfonamides is 1. The lowest BCUT2D eigenvalue weighted by Crippen LogP contribution is -2.40. The molecule has 0 aliphatic heterocycles. The van der Waals surface area contributed by atoms with Gasteiger partial charge in [0, 0.05) is 16.2 Å². The minimum Gasteiger partial charge on any atom is -0.399 e. The van der Waals surface area contributed by atoms with E-state index >= 15 is 0 Å². The van der Waals surface area contributed by atoms with Gasteiger partial charge >= 0.3 is 0 Å². The lowest BCUT2D eigenvalue weighted by Gasteiger charge is -2.31. The second kappa shape index (κ2) is 5.19. The number of rotatable bonds is 4. The molecule has 18 heavy (non-hydrogen) atoms. The number of halogens is 1. The standard InChI is InChI=1S/C12H17BrN2O2S/c1-8(9-3-2-4-9)15-18(16,17)12-7-10(14)5-6-11(12)13/h5-9,15H,2-4,14H2,1H3. The van der Waals surface area contributed by atoms with E-state index in [2.05, 4.69) is 20.7 Å². The molecule has 0 spiro atoms. The maximum absolute atomic E-state index is 12.3. The van der Waals surface area contributed by atoms with Crippen LogP contribution in [-0.4, -0.2) is 14.5 Å². The Morgan fingerprint density at radius 1 is 1.44 bits per heavy atom. The molecule has 1 atom stereocenters. The number of benzene rings is 1. The van der Waals surface area contributed by atoms with E-state index in [4.69, 9.17) is 5.73 Å². The third kappa shape index (κ3) is 2.87. The van der Waals surface area contributed by atoms with Gasteiger partial charge in [0.25, 0.3) is 0 Å². The second-order valence-electron chi connectivity index (χ2n) is 4.79. The summed E-state index contributed by atoms with van der Waals surface area (Å²) in [6.07, 6.45) is 3.39. The van der Waals surface area contributed by atoms with E-state index in [0.717, 1.165) is 12.8 Å². The molecular weight excluding hydrogens is 316 g/mol. The van der Waals surface area contributed by atoms with Gasteiger partial charge in [-0.15, -0.1) is 0 Å². The Labute approximate surface area is 116 Å². The van der Waals surface area contributed by atoms with Crippen molar-refractivity contribution >= 4 is 31.6 Å². The molecule has 4 nitrogen and oxygen atoms in total. The molecule has 3 N–H and O–H groups in total. The van der Waals surface area contributed by atoms with Crippen molar-refractivity contribution in [2.75, 3.05) is 5.73 Å². The van der Waals surface area contributed by atoms with Gasteiger partial charge in [0.05, 0.1) is 4.90 Å². The fourth-order valence-corrected chi connectivity index (χ4v) is 4.38. The summed E-state index contributed by atoms with van der Waals surface area (Å²) < 4.78 is 27.8. The third-order valence-electron chi connectivity index (χ3n) is 3.44. The van der Waals surface area contributed by atoms with E-state index in [9.17, 15) is 8.42 Å². The number of anilines is 1. The molecule has 1 aromatic rings. The highest BCUT2D eigenvalue weighted by Gasteiger charge is 2.28. The van der Waals surface area contributed by atoms with Gasteiger partial charge in [-0.05, 0) is 59.8 Å². The molecule has 0 aromatic heterocycles. The third-order valence-corrected chi connectivity index (χ3v) is 6.00. The topological polar surface area (TPSA) is 72.2 Å². The number of nitrogen functional groups attached to an aromatic ring is 1. The van der Waals surface area contributed by atoms with Gasteiger partial charge in [0.2, 0.25) is 10.0 Å². The average molecular weight is 333 g/mol. The van der Waals surface area contributed by atoms with Crippen molar-refractivity contribution in [1.82, 2.24) is 4.72 Å². The fourth-order valence-electron chi connectivity index (χ4n) is 2.07. The van der Waals surface area contributed by atoms with Crippen LogP contribution in [0.2, 0.25) is 0 Å². The molecule has 1 aliphatic carbocycles. The molecule has 2 rings (SSSR count). The molecule has 0 bridgehead atoms. The van der Waals surface area contributed by atoms with E-state index in [0.29, 0.717) is 16.1 Å². The van der Waals surface area contributed by atoms with Crippen LogP contribution in [0.5, 0.6) is 0 Å². The maximum atomic E-state index is 12.3. The number of hydrogen-bond donors (Lipinski definition) is 2. The predicted octanol–water partition coefficient (Wildman–Crippen LogP) is 2.50. The van der Waals surface area contributed by atoms with Crippen molar-refractivity contribution in [3.8, 4) is 0 Å². The Balaban J connectivity index is 2.21. The van der Waals surface area contributed by atoms with E-state index in [1.54, 1.807) is 12.1 Å². The molecule has 0 radical (unpaired) electrons. The summed E-state index contributed by atoms with van der Waals surface area (Å²) in [4.78, 5) is 0.202. The van der Waals surface area contributed by atoms with Crippen molar-refractivity contribution in [3.05, 3.63) is 22.7 Å². The van der Waals surface area contributed by atoms with Crippen LogP contribution in [0.15, 0.2) is 27.6 Å². The maximum Gasteiger partial charge on any atom is 0.242 e. The van der Waals surface area contributed by atoms with Crippen molar-refractivity contribution in [3.63, 3.8) is 0 Å². The Morgan fingerprint density at radius 2 is 2.11 bits per heavy atom. The van der Waals surface area contributed by atoms with Gasteiger partial charge < -0.3 is 5.73 Å². The second-order valence-corrected chi connectivity index (χ2v) is 7.33. The summed E-state index contributed by atoms with van der Waals surface area (Å²) in [6, 6.07) is 4.76. The first-order chi connectivity index (χ1) is 8.40. The summed E-state index contributed by atoms with van der Waals surface area (Å²) in [5.74, 6) is 0.458. The molecule has 0 heterocycles. The SMILES string of the molecule is CC(NS(=O)(=O)c1cc(N)ccc1Br)C1CCC1. The van der Waals surface area contributed by atoms with Gasteiger partial charge in [-0.1, -0.05) is 6.42 Å². The van der Waals surface area contributed by atoms with Crippen molar-refractivity contribution in [1.29, 1.82) is 0 Å². The van der Waals surface area contributed by atoms with Gasteiger partial charge in [-0.25, -0.2) is 13.1 Å². The molecule has 0 saturated heterocycles. The smallest absolute Gasteiger partial charge is 0.242 e. The summed E-state index contributed by atoms with van der Waals surface area (Å²) >= 11 is 3.25. The van der Waals surface area contributed by atoms with Crippen LogP contribution in [0.25, 0.3) is 0 Å². The number of nitrogens with two attached hydrogens (primary N) is 1. The normalized spacial score (nSPS) is 18.3. The number of hydrogen-bond acceptors (Lipinski definition) is 3. The molecular formula is C12H17BrN2O2S. The lowest BCUT2D eigenvalue weighted by molar-refractivity contribution is 0.260. The molecule has 100 valence electrons. The highest BCUT2D eigenvalue weighted by atomic mass is 79.9. The van der Waals surface area contributed by atoms with Crippen LogP contribution in [0.1, 0.15) is 26.2 Å². The van der Waals surface area contributed by atoms with Gasteiger partial charge in [0.15, 0.2) is 0 Å². The van der Waals surface area contributed by atoms with Crippen LogP contribution >= 0.6 is 15.9 Å². The molecule has 1 fully saturated rings. The zero-order chi connectivity index (χ0) is 13.3. The zero-order valence-electron chi connectivity index (χ0n) is 10.2. The molecule has 1 saturated carbocycles. The van der Waals surface area contributed by atoms with E-state index in [1.807, 2.05) is 6.92 Å². The van der Waals surface area contributed by atoms with Gasteiger partial charge in [0.1, 0.15) is 0 Å². The summed E-state index contributed by atoms with van der Waals surface area (Å²) in [5, 5.41) is 0. The summed E-state index contributed by atoms with van der Waals surface area (Å²) in [6.45, 7) is 1.92. The largest absolute Gasteiger partial charge is 0.399 e. The van der Waals surface area contributed by atoms with E-state index in [1.165, 1.54) is 12.5 Å².